The zero-order valence-electron chi connectivity index (χ0n) is 16.3. The lowest BCUT2D eigenvalue weighted by molar-refractivity contribution is 0.0954. The van der Waals surface area contributed by atoms with Gasteiger partial charge in [-0.25, -0.2) is 9.82 Å². The summed E-state index contributed by atoms with van der Waals surface area (Å²) in [6, 6.07) is 21.4. The lowest BCUT2D eigenvalue weighted by Crippen LogP contribution is -2.18. The zero-order chi connectivity index (χ0) is 21.3. The van der Waals surface area contributed by atoms with Crippen molar-refractivity contribution >= 4 is 29.3 Å². The number of rotatable bonds is 6. The molecule has 0 aliphatic heterocycles. The van der Waals surface area contributed by atoms with E-state index in [9.17, 15) is 14.0 Å². The van der Waals surface area contributed by atoms with Gasteiger partial charge in [0, 0.05) is 16.8 Å². The maximum absolute atomic E-state index is 12.9. The third-order valence-electron chi connectivity index (χ3n) is 4.16. The molecular weight excluding hydrogens is 381 g/mol. The minimum absolute atomic E-state index is 0.339. The molecule has 150 valence electrons. The monoisotopic (exact) mass is 401 g/mol. The van der Waals surface area contributed by atoms with Gasteiger partial charge in [0.05, 0.1) is 5.71 Å². The number of allylic oxidation sites excluding steroid dienone is 1. The SMILES string of the molecule is CC(/C=C/c1ccccc1)=NNC(=O)c1ccc(NC(=O)c2ccc(F)cc2)cc1. The summed E-state index contributed by atoms with van der Waals surface area (Å²) < 4.78 is 12.9. The molecule has 30 heavy (non-hydrogen) atoms. The standard InChI is InChI=1S/C24H20FN3O2/c1-17(7-8-18-5-3-2-4-6-18)27-28-24(30)20-11-15-22(16-12-20)26-23(29)19-9-13-21(25)14-10-19/h2-16H,1H3,(H,26,29)(H,28,30)/b8-7+,27-17?. The van der Waals surface area contributed by atoms with E-state index in [2.05, 4.69) is 15.8 Å². The van der Waals surface area contributed by atoms with Crippen LogP contribution in [0.1, 0.15) is 33.2 Å². The molecule has 0 bridgehead atoms. The first kappa shape index (κ1) is 20.7. The summed E-state index contributed by atoms with van der Waals surface area (Å²) >= 11 is 0. The average molecular weight is 401 g/mol. The molecule has 0 aliphatic rings. The number of hydrogen-bond acceptors (Lipinski definition) is 3. The Morgan fingerprint density at radius 2 is 1.43 bits per heavy atom. The largest absolute Gasteiger partial charge is 0.322 e. The topological polar surface area (TPSA) is 70.6 Å². The van der Waals surface area contributed by atoms with Crippen LogP contribution in [-0.2, 0) is 0 Å². The number of amides is 2. The second-order valence-electron chi connectivity index (χ2n) is 6.48. The highest BCUT2D eigenvalue weighted by atomic mass is 19.1. The summed E-state index contributed by atoms with van der Waals surface area (Å²) in [6.45, 7) is 1.79. The third kappa shape index (κ3) is 5.97. The van der Waals surface area contributed by atoms with Crippen molar-refractivity contribution in [1.29, 1.82) is 0 Å². The summed E-state index contributed by atoms with van der Waals surface area (Å²) in [4.78, 5) is 24.4. The first-order valence-electron chi connectivity index (χ1n) is 9.26. The van der Waals surface area contributed by atoms with Gasteiger partial charge in [0.2, 0.25) is 0 Å². The fourth-order valence-electron chi connectivity index (χ4n) is 2.53. The average Bonchev–Trinajstić information content (AvgIpc) is 2.77. The van der Waals surface area contributed by atoms with Gasteiger partial charge in [0.1, 0.15) is 5.82 Å². The zero-order valence-corrected chi connectivity index (χ0v) is 16.3. The molecule has 0 heterocycles. The lowest BCUT2D eigenvalue weighted by atomic mass is 10.1. The minimum atomic E-state index is -0.407. The molecule has 0 saturated heterocycles. The number of carbonyl (C=O) groups excluding carboxylic acids is 2. The van der Waals surface area contributed by atoms with Crippen molar-refractivity contribution < 1.29 is 14.0 Å². The van der Waals surface area contributed by atoms with Gasteiger partial charge in [-0.3, -0.25) is 9.59 Å². The van der Waals surface area contributed by atoms with Crippen molar-refractivity contribution in [2.75, 3.05) is 5.32 Å². The molecule has 0 unspecified atom stereocenters. The molecule has 0 fully saturated rings. The van der Waals surface area contributed by atoms with Crippen LogP contribution in [0.25, 0.3) is 6.08 Å². The highest BCUT2D eigenvalue weighted by Crippen LogP contribution is 2.12. The number of halogens is 1. The summed E-state index contributed by atoms with van der Waals surface area (Å²) in [7, 11) is 0. The molecule has 3 aromatic rings. The number of hydrogen-bond donors (Lipinski definition) is 2. The Hall–Kier alpha value is -4.06. The fraction of sp³-hybridized carbons (Fsp3) is 0.0417. The number of nitrogens with one attached hydrogen (secondary N) is 2. The van der Waals surface area contributed by atoms with E-state index in [1.807, 2.05) is 42.5 Å². The Kier molecular flexibility index (Phi) is 6.84. The Balaban J connectivity index is 1.56. The first-order chi connectivity index (χ1) is 14.5. The van der Waals surface area contributed by atoms with Crippen molar-refractivity contribution in [1.82, 2.24) is 5.43 Å². The number of benzene rings is 3. The lowest BCUT2D eigenvalue weighted by Gasteiger charge is -2.06. The molecule has 0 aliphatic carbocycles. The first-order valence-corrected chi connectivity index (χ1v) is 9.26. The normalized spacial score (nSPS) is 11.3. The van der Waals surface area contributed by atoms with Crippen LogP contribution in [0.15, 0.2) is 90.0 Å². The van der Waals surface area contributed by atoms with E-state index in [4.69, 9.17) is 0 Å². The van der Waals surface area contributed by atoms with Crippen LogP contribution in [0.3, 0.4) is 0 Å². The molecule has 0 radical (unpaired) electrons. The molecule has 3 rings (SSSR count). The molecule has 3 aromatic carbocycles. The van der Waals surface area contributed by atoms with Gasteiger partial charge in [-0.2, -0.15) is 5.10 Å². The Morgan fingerprint density at radius 1 is 0.833 bits per heavy atom. The molecule has 2 amide bonds. The summed E-state index contributed by atoms with van der Waals surface area (Å²) in [6.07, 6.45) is 3.72. The summed E-state index contributed by atoms with van der Waals surface area (Å²) in [5.74, 6) is -1.13. The molecule has 2 N–H and O–H groups in total. The number of carbonyl (C=O) groups is 2. The molecular formula is C24H20FN3O2. The maximum atomic E-state index is 12.9. The second-order valence-corrected chi connectivity index (χ2v) is 6.48. The smallest absolute Gasteiger partial charge is 0.271 e. The van der Waals surface area contributed by atoms with E-state index in [0.29, 0.717) is 22.5 Å². The van der Waals surface area contributed by atoms with Crippen LogP contribution in [-0.4, -0.2) is 17.5 Å². The van der Waals surface area contributed by atoms with Crippen molar-refractivity contribution in [3.05, 3.63) is 107 Å². The van der Waals surface area contributed by atoms with Crippen LogP contribution >= 0.6 is 0 Å². The van der Waals surface area contributed by atoms with E-state index in [1.165, 1.54) is 24.3 Å². The minimum Gasteiger partial charge on any atom is -0.322 e. The van der Waals surface area contributed by atoms with Crippen LogP contribution in [0.5, 0.6) is 0 Å². The van der Waals surface area contributed by atoms with Gasteiger partial charge in [-0.15, -0.1) is 0 Å². The van der Waals surface area contributed by atoms with E-state index in [1.54, 1.807) is 31.2 Å². The number of anilines is 1. The quantitative estimate of drug-likeness (QED) is 0.456. The molecule has 0 spiro atoms. The summed E-state index contributed by atoms with van der Waals surface area (Å²) in [5.41, 5.74) is 5.45. The van der Waals surface area contributed by atoms with Gasteiger partial charge in [0.25, 0.3) is 11.8 Å². The molecule has 0 aromatic heterocycles. The Labute approximate surface area is 173 Å². The van der Waals surface area contributed by atoms with Crippen LogP contribution < -0.4 is 10.7 Å². The number of hydrazone groups is 1. The van der Waals surface area contributed by atoms with E-state index in [0.717, 1.165) is 5.56 Å². The third-order valence-corrected chi connectivity index (χ3v) is 4.16. The van der Waals surface area contributed by atoms with Gasteiger partial charge in [-0.1, -0.05) is 36.4 Å². The second kappa shape index (κ2) is 9.93. The van der Waals surface area contributed by atoms with Crippen LogP contribution in [0.4, 0.5) is 10.1 Å². The van der Waals surface area contributed by atoms with Crippen molar-refractivity contribution in [2.45, 2.75) is 6.92 Å². The summed E-state index contributed by atoms with van der Waals surface area (Å²) in [5, 5.41) is 6.76. The van der Waals surface area contributed by atoms with Crippen LogP contribution in [0, 0.1) is 5.82 Å². The molecule has 0 saturated carbocycles. The van der Waals surface area contributed by atoms with E-state index >= 15 is 0 Å². The Morgan fingerprint density at radius 3 is 2.10 bits per heavy atom. The number of nitrogens with zero attached hydrogens (tertiary/aromatic N) is 1. The van der Waals surface area contributed by atoms with Gasteiger partial charge < -0.3 is 5.32 Å². The Bertz CT molecular complexity index is 1070. The van der Waals surface area contributed by atoms with E-state index < -0.39 is 5.82 Å². The van der Waals surface area contributed by atoms with Gasteiger partial charge >= 0.3 is 0 Å². The van der Waals surface area contributed by atoms with Gasteiger partial charge in [0.15, 0.2) is 0 Å². The van der Waals surface area contributed by atoms with Crippen molar-refractivity contribution in [3.8, 4) is 0 Å². The fourth-order valence-corrected chi connectivity index (χ4v) is 2.53. The predicted molar refractivity (Wildman–Crippen MR) is 117 cm³/mol. The van der Waals surface area contributed by atoms with Crippen molar-refractivity contribution in [3.63, 3.8) is 0 Å². The van der Waals surface area contributed by atoms with E-state index in [-0.39, 0.29) is 11.8 Å². The predicted octanol–water partition coefficient (Wildman–Crippen LogP) is 4.90. The highest BCUT2D eigenvalue weighted by molar-refractivity contribution is 6.04. The molecule has 5 nitrogen and oxygen atoms in total. The van der Waals surface area contributed by atoms with Crippen LogP contribution in [0.2, 0.25) is 0 Å². The molecule has 0 atom stereocenters. The maximum Gasteiger partial charge on any atom is 0.271 e. The highest BCUT2D eigenvalue weighted by Gasteiger charge is 2.08. The van der Waals surface area contributed by atoms with Crippen molar-refractivity contribution in [2.24, 2.45) is 5.10 Å². The molecule has 6 heteroatoms. The van der Waals surface area contributed by atoms with Gasteiger partial charge in [-0.05, 0) is 67.1 Å².